The predicted octanol–water partition coefficient (Wildman–Crippen LogP) is 3.24. The highest BCUT2D eigenvalue weighted by atomic mass is 32.1. The van der Waals surface area contributed by atoms with Crippen LogP contribution in [0.1, 0.15) is 11.1 Å². The molecule has 1 aromatic heterocycles. The number of rotatable bonds is 3. The van der Waals surface area contributed by atoms with Gasteiger partial charge in [-0.3, -0.25) is 4.79 Å². The van der Waals surface area contributed by atoms with Crippen LogP contribution in [0.2, 0.25) is 0 Å². The van der Waals surface area contributed by atoms with E-state index in [2.05, 4.69) is 5.32 Å². The molecule has 0 spiro atoms. The van der Waals surface area contributed by atoms with Gasteiger partial charge in [0.15, 0.2) is 5.82 Å². The number of nitrogens with zero attached hydrogens (tertiary/aromatic N) is 2. The van der Waals surface area contributed by atoms with E-state index in [0.717, 1.165) is 4.68 Å². The van der Waals surface area contributed by atoms with Crippen LogP contribution in [-0.2, 0) is 17.1 Å². The number of morpholine rings is 1. The third kappa shape index (κ3) is 4.19. The van der Waals surface area contributed by atoms with E-state index in [0.29, 0.717) is 49.8 Å². The molecule has 0 saturated carbocycles. The SMILES string of the molecule is Nc1c(Nc2cc(C(F)(F)F)cc(C(F)(F)F)c2)sc(=O)n1N1CCOCC1. The van der Waals surface area contributed by atoms with Gasteiger partial charge in [0, 0.05) is 5.69 Å². The van der Waals surface area contributed by atoms with Gasteiger partial charge in [-0.15, -0.1) is 0 Å². The summed E-state index contributed by atoms with van der Waals surface area (Å²) in [4.78, 5) is 11.7. The molecule has 1 saturated heterocycles. The summed E-state index contributed by atoms with van der Waals surface area (Å²) >= 11 is 0.582. The Morgan fingerprint density at radius 2 is 1.54 bits per heavy atom. The quantitative estimate of drug-likeness (QED) is 0.735. The number of hydrogen-bond donors (Lipinski definition) is 2. The Balaban J connectivity index is 1.99. The van der Waals surface area contributed by atoms with Crippen molar-refractivity contribution in [1.29, 1.82) is 0 Å². The summed E-state index contributed by atoms with van der Waals surface area (Å²) < 4.78 is 84.2. The van der Waals surface area contributed by atoms with Crippen LogP contribution in [0, 0.1) is 0 Å². The second kappa shape index (κ2) is 7.20. The van der Waals surface area contributed by atoms with Crippen LogP contribution >= 0.6 is 11.3 Å². The van der Waals surface area contributed by atoms with Crippen molar-refractivity contribution in [3.63, 3.8) is 0 Å². The van der Waals surface area contributed by atoms with Crippen molar-refractivity contribution in [3.05, 3.63) is 39.0 Å². The van der Waals surface area contributed by atoms with Gasteiger partial charge in [0.1, 0.15) is 5.00 Å². The maximum atomic E-state index is 13.0. The topological polar surface area (TPSA) is 72.5 Å². The molecule has 2 heterocycles. The second-order valence-corrected chi connectivity index (χ2v) is 6.84. The predicted molar refractivity (Wildman–Crippen MR) is 91.5 cm³/mol. The number of nitrogens with one attached hydrogen (secondary N) is 1. The van der Waals surface area contributed by atoms with Crippen molar-refractivity contribution in [2.75, 3.05) is 42.4 Å². The Bertz CT molecular complexity index is 882. The first kappa shape index (κ1) is 20.3. The van der Waals surface area contributed by atoms with Crippen LogP contribution in [0.15, 0.2) is 23.0 Å². The van der Waals surface area contributed by atoms with E-state index in [1.165, 1.54) is 0 Å². The normalized spacial score (nSPS) is 15.7. The maximum Gasteiger partial charge on any atom is 0.416 e. The van der Waals surface area contributed by atoms with E-state index in [-0.39, 0.29) is 16.9 Å². The molecule has 3 N–H and O–H groups in total. The third-order valence-corrected chi connectivity index (χ3v) is 4.80. The first-order chi connectivity index (χ1) is 13.0. The lowest BCUT2D eigenvalue weighted by atomic mass is 10.1. The largest absolute Gasteiger partial charge is 0.416 e. The molecule has 0 amide bonds. The lowest BCUT2D eigenvalue weighted by Gasteiger charge is -2.29. The van der Waals surface area contributed by atoms with E-state index < -0.39 is 34.0 Å². The van der Waals surface area contributed by atoms with Crippen LogP contribution in [-0.4, -0.2) is 31.0 Å². The number of nitrogens with two attached hydrogens (primary N) is 1. The number of nitrogen functional groups attached to an aromatic ring is 1. The van der Waals surface area contributed by atoms with E-state index in [1.54, 1.807) is 5.01 Å². The highest BCUT2D eigenvalue weighted by molar-refractivity contribution is 7.14. The molecule has 0 atom stereocenters. The molecule has 1 aliphatic rings. The van der Waals surface area contributed by atoms with Gasteiger partial charge in [-0.2, -0.15) is 31.0 Å². The molecule has 1 fully saturated rings. The molecule has 0 unspecified atom stereocenters. The minimum atomic E-state index is -4.98. The molecule has 0 radical (unpaired) electrons. The van der Waals surface area contributed by atoms with E-state index in [1.807, 2.05) is 0 Å². The summed E-state index contributed by atoms with van der Waals surface area (Å²) in [5.74, 6) is -0.108. The number of halogens is 6. The van der Waals surface area contributed by atoms with Crippen molar-refractivity contribution >= 4 is 27.8 Å². The molecule has 3 rings (SSSR count). The molecule has 0 aliphatic carbocycles. The minimum Gasteiger partial charge on any atom is -0.381 e. The second-order valence-electron chi connectivity index (χ2n) is 5.88. The number of aromatic nitrogens is 1. The van der Waals surface area contributed by atoms with Gasteiger partial charge < -0.3 is 20.8 Å². The van der Waals surface area contributed by atoms with Gasteiger partial charge in [0.25, 0.3) is 0 Å². The van der Waals surface area contributed by atoms with Crippen LogP contribution in [0.3, 0.4) is 0 Å². The summed E-state index contributed by atoms with van der Waals surface area (Å²) in [5, 5.41) is 3.95. The molecular formula is C15H14F6N4O2S. The lowest BCUT2D eigenvalue weighted by Crippen LogP contribution is -2.47. The summed E-state index contributed by atoms with van der Waals surface area (Å²) in [6, 6.07) is 1.08. The average molecular weight is 428 g/mol. The molecule has 0 bridgehead atoms. The molecule has 28 heavy (non-hydrogen) atoms. The monoisotopic (exact) mass is 428 g/mol. The van der Waals surface area contributed by atoms with Crippen LogP contribution in [0.4, 0.5) is 42.8 Å². The van der Waals surface area contributed by atoms with Gasteiger partial charge in [-0.25, -0.2) is 0 Å². The number of hydrogen-bond acceptors (Lipinski definition) is 6. The highest BCUT2D eigenvalue weighted by Gasteiger charge is 2.37. The average Bonchev–Trinajstić information content (AvgIpc) is 2.87. The van der Waals surface area contributed by atoms with Crippen LogP contribution < -0.4 is 20.9 Å². The van der Waals surface area contributed by atoms with Crippen LogP contribution in [0.5, 0.6) is 0 Å². The van der Waals surface area contributed by atoms with Crippen molar-refractivity contribution in [2.45, 2.75) is 12.4 Å². The third-order valence-electron chi connectivity index (χ3n) is 3.94. The zero-order valence-corrected chi connectivity index (χ0v) is 14.8. The molecular weight excluding hydrogens is 414 g/mol. The summed E-state index contributed by atoms with van der Waals surface area (Å²) in [5.41, 5.74) is 2.49. The van der Waals surface area contributed by atoms with Gasteiger partial charge >= 0.3 is 17.2 Å². The van der Waals surface area contributed by atoms with E-state index in [4.69, 9.17) is 10.5 Å². The fourth-order valence-corrected chi connectivity index (χ4v) is 3.48. The van der Waals surface area contributed by atoms with Crippen molar-refractivity contribution in [2.24, 2.45) is 0 Å². The minimum absolute atomic E-state index is 0.0237. The van der Waals surface area contributed by atoms with Gasteiger partial charge in [-0.1, -0.05) is 11.3 Å². The maximum absolute atomic E-state index is 13.0. The van der Waals surface area contributed by atoms with Crippen molar-refractivity contribution in [3.8, 4) is 0 Å². The number of thiazole rings is 1. The molecule has 2 aromatic rings. The van der Waals surface area contributed by atoms with Crippen molar-refractivity contribution < 1.29 is 31.1 Å². The van der Waals surface area contributed by atoms with Gasteiger partial charge in [0.05, 0.1) is 37.4 Å². The van der Waals surface area contributed by atoms with Crippen LogP contribution in [0.25, 0.3) is 0 Å². The van der Waals surface area contributed by atoms with Crippen molar-refractivity contribution in [1.82, 2.24) is 4.68 Å². The summed E-state index contributed by atoms with van der Waals surface area (Å²) in [6.07, 6.45) is -9.95. The Morgan fingerprint density at radius 3 is 2.04 bits per heavy atom. The molecule has 154 valence electrons. The first-order valence-corrected chi connectivity index (χ1v) is 8.69. The number of alkyl halides is 6. The number of ether oxygens (including phenoxy) is 1. The Morgan fingerprint density at radius 1 is 1.00 bits per heavy atom. The zero-order chi connectivity index (χ0) is 20.7. The number of benzene rings is 1. The summed E-state index contributed by atoms with van der Waals surface area (Å²) in [7, 11) is 0. The Labute approximate surface area is 158 Å². The molecule has 1 aromatic carbocycles. The summed E-state index contributed by atoms with van der Waals surface area (Å²) in [6.45, 7) is 1.43. The van der Waals surface area contributed by atoms with E-state index in [9.17, 15) is 31.1 Å². The lowest BCUT2D eigenvalue weighted by molar-refractivity contribution is -0.143. The smallest absolute Gasteiger partial charge is 0.381 e. The number of anilines is 3. The molecule has 6 nitrogen and oxygen atoms in total. The Hall–Kier alpha value is -2.41. The Kier molecular flexibility index (Phi) is 5.23. The fraction of sp³-hybridized carbons (Fsp3) is 0.400. The van der Waals surface area contributed by atoms with Gasteiger partial charge in [-0.05, 0) is 18.2 Å². The molecule has 1 aliphatic heterocycles. The fourth-order valence-electron chi connectivity index (χ4n) is 2.65. The zero-order valence-electron chi connectivity index (χ0n) is 14.0. The first-order valence-electron chi connectivity index (χ1n) is 7.87. The molecule has 13 heteroatoms. The van der Waals surface area contributed by atoms with Gasteiger partial charge in [0.2, 0.25) is 0 Å². The standard InChI is InChI=1S/C15H14F6N4O2S/c16-14(17,18)8-5-9(15(19,20)21)7-10(6-8)23-12-11(22)25(13(26)28-12)24-1-3-27-4-2-24/h5-7,23H,1-4,22H2. The highest BCUT2D eigenvalue weighted by Crippen LogP contribution is 2.38. The van der Waals surface area contributed by atoms with E-state index >= 15 is 0 Å².